The molecule has 3 rings (SSSR count). The number of hydrogen-bond acceptors (Lipinski definition) is 2. The summed E-state index contributed by atoms with van der Waals surface area (Å²) in [5.41, 5.74) is 0.435. The minimum absolute atomic E-state index is 0.0780. The van der Waals surface area contributed by atoms with Crippen LogP contribution in [0.25, 0.3) is 0 Å². The molecule has 0 aromatic heterocycles. The molecule has 2 N–H and O–H groups in total. The van der Waals surface area contributed by atoms with Crippen molar-refractivity contribution in [3.63, 3.8) is 0 Å². The van der Waals surface area contributed by atoms with Crippen LogP contribution in [0.1, 0.15) is 28.3 Å². The highest BCUT2D eigenvalue weighted by Crippen LogP contribution is 2.65. The summed E-state index contributed by atoms with van der Waals surface area (Å²) in [5, 5.41) is 5.09. The minimum Gasteiger partial charge on any atom is -0.352 e. The van der Waals surface area contributed by atoms with Crippen molar-refractivity contribution in [3.8, 4) is 0 Å². The molecular formula is C20H13Cl6F3N2O2. The van der Waals surface area contributed by atoms with Crippen LogP contribution in [0, 0.1) is 5.92 Å². The maximum atomic E-state index is 12.9. The number of benzene rings is 2. The van der Waals surface area contributed by atoms with Gasteiger partial charge in [0.15, 0.2) is 0 Å². The second-order valence-corrected chi connectivity index (χ2v) is 10.4. The molecule has 0 bridgehead atoms. The van der Waals surface area contributed by atoms with Crippen molar-refractivity contribution < 1.29 is 22.8 Å². The zero-order valence-corrected chi connectivity index (χ0v) is 20.7. The molecule has 0 unspecified atom stereocenters. The summed E-state index contributed by atoms with van der Waals surface area (Å²) in [7, 11) is 0. The van der Waals surface area contributed by atoms with E-state index in [2.05, 4.69) is 10.6 Å². The number of alkyl halides is 5. The first-order chi connectivity index (χ1) is 15.2. The predicted octanol–water partition coefficient (Wildman–Crippen LogP) is 7.51. The quantitative estimate of drug-likeness (QED) is 0.346. The van der Waals surface area contributed by atoms with Crippen LogP contribution in [0.2, 0.25) is 20.1 Å². The third-order valence-electron chi connectivity index (χ3n) is 4.81. The zero-order valence-electron chi connectivity index (χ0n) is 16.2. The standard InChI is InChI=1S/C20H13Cl6F3N2O2/c21-9-3-8(4-10(22)5-9)14-15(20(14,25)26)18(33)31-11-6-12(16(24)13(23)7-11)17(32)30-2-1-19(27,28)29/h3-7,14-15H,1-2H2,(H,30,32)(H,31,33)/t14-,15+/m1/s1. The lowest BCUT2D eigenvalue weighted by molar-refractivity contribution is -0.133. The maximum Gasteiger partial charge on any atom is 0.390 e. The van der Waals surface area contributed by atoms with E-state index < -0.39 is 47.1 Å². The molecule has 1 aliphatic carbocycles. The van der Waals surface area contributed by atoms with Crippen molar-refractivity contribution in [2.45, 2.75) is 22.8 Å². The molecule has 13 heteroatoms. The van der Waals surface area contributed by atoms with Gasteiger partial charge in [-0.05, 0) is 35.9 Å². The van der Waals surface area contributed by atoms with Crippen molar-refractivity contribution in [3.05, 3.63) is 61.5 Å². The van der Waals surface area contributed by atoms with Gasteiger partial charge in [0.25, 0.3) is 5.91 Å². The first kappa shape index (κ1) is 26.5. The Labute approximate surface area is 216 Å². The van der Waals surface area contributed by atoms with Crippen LogP contribution < -0.4 is 10.6 Å². The van der Waals surface area contributed by atoms with E-state index in [-0.39, 0.29) is 21.3 Å². The van der Waals surface area contributed by atoms with Gasteiger partial charge in [-0.2, -0.15) is 13.2 Å². The second-order valence-electron chi connectivity index (χ2n) is 7.26. The van der Waals surface area contributed by atoms with Gasteiger partial charge in [-0.15, -0.1) is 23.2 Å². The number of carbonyl (C=O) groups is 2. The number of hydrogen-bond donors (Lipinski definition) is 2. The lowest BCUT2D eigenvalue weighted by Gasteiger charge is -2.12. The molecule has 2 atom stereocenters. The minimum atomic E-state index is -4.44. The summed E-state index contributed by atoms with van der Waals surface area (Å²) in [5.74, 6) is -2.95. The van der Waals surface area contributed by atoms with Gasteiger partial charge in [0.05, 0.1) is 27.9 Å². The second kappa shape index (κ2) is 9.88. The summed E-state index contributed by atoms with van der Waals surface area (Å²) < 4.78 is 35.5. The molecule has 1 fully saturated rings. The van der Waals surface area contributed by atoms with Crippen molar-refractivity contribution in [1.29, 1.82) is 0 Å². The van der Waals surface area contributed by atoms with E-state index in [1.807, 2.05) is 0 Å². The van der Waals surface area contributed by atoms with Gasteiger partial charge in [-0.25, -0.2) is 0 Å². The fourth-order valence-electron chi connectivity index (χ4n) is 3.28. The van der Waals surface area contributed by atoms with E-state index in [0.29, 0.717) is 15.6 Å². The van der Waals surface area contributed by atoms with E-state index in [4.69, 9.17) is 69.6 Å². The third-order valence-corrected chi connectivity index (χ3v) is 6.99. The predicted molar refractivity (Wildman–Crippen MR) is 125 cm³/mol. The van der Waals surface area contributed by atoms with Crippen LogP contribution in [0.4, 0.5) is 18.9 Å². The van der Waals surface area contributed by atoms with Gasteiger partial charge in [-0.1, -0.05) is 46.4 Å². The molecule has 0 aliphatic heterocycles. The highest BCUT2D eigenvalue weighted by Gasteiger charge is 2.67. The molecule has 0 radical (unpaired) electrons. The molecule has 0 heterocycles. The summed E-state index contributed by atoms with van der Waals surface area (Å²) in [6.07, 6.45) is -5.65. The Hall–Kier alpha value is -1.09. The van der Waals surface area contributed by atoms with Crippen LogP contribution in [0.5, 0.6) is 0 Å². The van der Waals surface area contributed by atoms with Gasteiger partial charge in [0.1, 0.15) is 4.33 Å². The molecule has 2 aromatic rings. The van der Waals surface area contributed by atoms with Crippen molar-refractivity contribution >= 4 is 87.1 Å². The number of carbonyl (C=O) groups excluding carboxylic acids is 2. The molecule has 0 saturated heterocycles. The van der Waals surface area contributed by atoms with Crippen LogP contribution in [0.3, 0.4) is 0 Å². The Morgan fingerprint density at radius 1 is 0.970 bits per heavy atom. The van der Waals surface area contributed by atoms with E-state index in [1.54, 1.807) is 12.1 Å². The molecule has 2 aromatic carbocycles. The monoisotopic (exact) mass is 580 g/mol. The smallest absolute Gasteiger partial charge is 0.352 e. The summed E-state index contributed by atoms with van der Waals surface area (Å²) in [4.78, 5) is 25.1. The van der Waals surface area contributed by atoms with E-state index in [0.717, 1.165) is 0 Å². The van der Waals surface area contributed by atoms with Gasteiger partial charge in [0.2, 0.25) is 5.91 Å². The average molecular weight is 583 g/mol. The number of halogens is 9. The molecular weight excluding hydrogens is 570 g/mol. The molecule has 178 valence electrons. The summed E-state index contributed by atoms with van der Waals surface area (Å²) >= 11 is 36.7. The van der Waals surface area contributed by atoms with Gasteiger partial charge >= 0.3 is 6.18 Å². The molecule has 33 heavy (non-hydrogen) atoms. The van der Waals surface area contributed by atoms with Crippen molar-refractivity contribution in [2.24, 2.45) is 5.92 Å². The van der Waals surface area contributed by atoms with E-state index >= 15 is 0 Å². The first-order valence-electron chi connectivity index (χ1n) is 9.19. The van der Waals surface area contributed by atoms with Crippen LogP contribution in [0.15, 0.2) is 30.3 Å². The molecule has 4 nitrogen and oxygen atoms in total. The average Bonchev–Trinajstić information content (AvgIpc) is 3.25. The van der Waals surface area contributed by atoms with Gasteiger partial charge in [-0.3, -0.25) is 9.59 Å². The fraction of sp³-hybridized carbons (Fsp3) is 0.300. The van der Waals surface area contributed by atoms with Crippen LogP contribution in [-0.2, 0) is 4.79 Å². The van der Waals surface area contributed by atoms with Crippen LogP contribution in [-0.4, -0.2) is 28.9 Å². The summed E-state index contributed by atoms with van der Waals surface area (Å²) in [6.45, 7) is -0.653. The Bertz CT molecular complexity index is 1090. The Kier molecular flexibility index (Phi) is 7.94. The first-order valence-corrected chi connectivity index (χ1v) is 11.5. The largest absolute Gasteiger partial charge is 0.390 e. The summed E-state index contributed by atoms with van der Waals surface area (Å²) in [6, 6.07) is 7.17. The number of anilines is 1. The normalized spacial score (nSPS) is 19.2. The number of nitrogens with one attached hydrogen (secondary N) is 2. The molecule has 1 aliphatic rings. The van der Waals surface area contributed by atoms with Gasteiger partial charge < -0.3 is 10.6 Å². The Morgan fingerprint density at radius 3 is 2.15 bits per heavy atom. The van der Waals surface area contributed by atoms with Crippen molar-refractivity contribution in [2.75, 3.05) is 11.9 Å². The fourth-order valence-corrected chi connectivity index (χ4v) is 5.07. The molecule has 2 amide bonds. The zero-order chi connectivity index (χ0) is 24.7. The topological polar surface area (TPSA) is 58.2 Å². The SMILES string of the molecule is O=C(NCCC(F)(F)F)c1cc(NC(=O)[C@@H]2[C@@H](c3cc(Cl)cc(Cl)c3)C2(Cl)Cl)cc(Cl)c1Cl. The highest BCUT2D eigenvalue weighted by atomic mass is 35.5. The van der Waals surface area contributed by atoms with Gasteiger partial charge in [0, 0.05) is 28.2 Å². The number of amides is 2. The lowest BCUT2D eigenvalue weighted by atomic mass is 10.1. The Morgan fingerprint density at radius 2 is 1.58 bits per heavy atom. The molecule has 0 spiro atoms. The maximum absolute atomic E-state index is 12.9. The third kappa shape index (κ3) is 6.32. The Balaban J connectivity index is 1.76. The highest BCUT2D eigenvalue weighted by molar-refractivity contribution is 6.53. The lowest BCUT2D eigenvalue weighted by Crippen LogP contribution is -2.28. The van der Waals surface area contributed by atoms with Crippen molar-refractivity contribution in [1.82, 2.24) is 5.32 Å². The van der Waals surface area contributed by atoms with Crippen LogP contribution >= 0.6 is 69.6 Å². The van der Waals surface area contributed by atoms with E-state index in [9.17, 15) is 22.8 Å². The van der Waals surface area contributed by atoms with E-state index in [1.165, 1.54) is 18.2 Å². The molecule has 1 saturated carbocycles. The number of rotatable bonds is 6.